The highest BCUT2D eigenvalue weighted by Crippen LogP contribution is 2.38. The summed E-state index contributed by atoms with van der Waals surface area (Å²) >= 11 is 1.32. The molecule has 0 atom stereocenters. The smallest absolute Gasteiger partial charge is 0.429 e. The van der Waals surface area contributed by atoms with Gasteiger partial charge in [-0.1, -0.05) is 31.9 Å². The molecule has 3 rings (SSSR count). The number of ether oxygens (including phenoxy) is 1. The number of unbranched alkanes of at least 4 members (excludes halogenated alkanes) is 2. The van der Waals surface area contributed by atoms with Crippen LogP contribution in [0.1, 0.15) is 37.3 Å². The lowest BCUT2D eigenvalue weighted by atomic mass is 9.99. The van der Waals surface area contributed by atoms with Gasteiger partial charge in [-0.2, -0.15) is 8.78 Å². The van der Waals surface area contributed by atoms with Gasteiger partial charge in [0.25, 0.3) is 0 Å². The summed E-state index contributed by atoms with van der Waals surface area (Å²) < 4.78 is 104. The van der Waals surface area contributed by atoms with Gasteiger partial charge in [-0.05, 0) is 64.8 Å². The maximum absolute atomic E-state index is 14.6. The minimum atomic E-state index is -4.60. The Bertz CT molecular complexity index is 1120. The first kappa shape index (κ1) is 25.3. The van der Waals surface area contributed by atoms with Crippen LogP contribution < -0.4 is 4.74 Å². The summed E-state index contributed by atoms with van der Waals surface area (Å²) in [4.78, 5) is 0. The number of alkyl halides is 2. The van der Waals surface area contributed by atoms with Gasteiger partial charge in [0.2, 0.25) is 0 Å². The number of halogens is 8. The zero-order valence-corrected chi connectivity index (χ0v) is 19.5. The molecule has 33 heavy (non-hydrogen) atoms. The molecule has 0 spiro atoms. The summed E-state index contributed by atoms with van der Waals surface area (Å²) in [5.74, 6) is -7.45. The van der Waals surface area contributed by atoms with E-state index < -0.39 is 50.1 Å². The molecule has 0 aliphatic rings. The van der Waals surface area contributed by atoms with Crippen molar-refractivity contribution in [2.45, 2.75) is 38.7 Å². The highest BCUT2D eigenvalue weighted by molar-refractivity contribution is 14.1. The Morgan fingerprint density at radius 3 is 1.94 bits per heavy atom. The van der Waals surface area contributed by atoms with Crippen molar-refractivity contribution in [3.05, 3.63) is 86.2 Å². The van der Waals surface area contributed by atoms with Crippen LogP contribution in [0.3, 0.4) is 0 Å². The number of hydrogen-bond donors (Lipinski definition) is 0. The molecule has 176 valence electrons. The number of hydrogen-bond acceptors (Lipinski definition) is 1. The Balaban J connectivity index is 1.91. The number of aryl methyl sites for hydroxylation is 1. The number of benzene rings is 3. The van der Waals surface area contributed by atoms with E-state index in [0.29, 0.717) is 36.2 Å². The van der Waals surface area contributed by atoms with E-state index in [1.807, 2.05) is 6.92 Å². The molecular formula is C24H18F7IO. The van der Waals surface area contributed by atoms with Gasteiger partial charge in [0.15, 0.2) is 0 Å². The Morgan fingerprint density at radius 1 is 0.788 bits per heavy atom. The average Bonchev–Trinajstić information content (AvgIpc) is 2.71. The van der Waals surface area contributed by atoms with Crippen LogP contribution in [-0.2, 0) is 12.5 Å². The van der Waals surface area contributed by atoms with Crippen molar-refractivity contribution in [1.29, 1.82) is 0 Å². The monoisotopic (exact) mass is 582 g/mol. The van der Waals surface area contributed by atoms with Crippen LogP contribution in [0, 0.1) is 32.7 Å². The maximum atomic E-state index is 14.6. The summed E-state index contributed by atoms with van der Waals surface area (Å²) in [7, 11) is 0. The van der Waals surface area contributed by atoms with Crippen molar-refractivity contribution in [1.82, 2.24) is 0 Å². The SMILES string of the molecule is CCCCCc1ccc(-c2cc(F)c(C(F)(F)Oc3cc(F)c(I)c(F)c3)c(F)c2)c(F)c1. The molecular weight excluding hydrogens is 564 g/mol. The van der Waals surface area contributed by atoms with Crippen molar-refractivity contribution in [3.8, 4) is 16.9 Å². The van der Waals surface area contributed by atoms with Crippen molar-refractivity contribution >= 4 is 22.6 Å². The average molecular weight is 582 g/mol. The molecule has 0 saturated heterocycles. The van der Waals surface area contributed by atoms with Crippen molar-refractivity contribution in [2.75, 3.05) is 0 Å². The van der Waals surface area contributed by atoms with Crippen LogP contribution >= 0.6 is 22.6 Å². The minimum absolute atomic E-state index is 0.162. The zero-order chi connectivity index (χ0) is 24.3. The van der Waals surface area contributed by atoms with Crippen molar-refractivity contribution in [3.63, 3.8) is 0 Å². The quantitative estimate of drug-likeness (QED) is 0.112. The Labute approximate surface area is 199 Å². The Hall–Kier alpha value is -2.30. The topological polar surface area (TPSA) is 9.23 Å². The summed E-state index contributed by atoms with van der Waals surface area (Å²) in [6.45, 7) is 2.03. The molecule has 0 heterocycles. The van der Waals surface area contributed by atoms with E-state index in [0.717, 1.165) is 19.3 Å². The molecule has 0 aromatic heterocycles. The molecule has 0 aliphatic carbocycles. The summed E-state index contributed by atoms with van der Waals surface area (Å²) in [6, 6.07) is 6.23. The highest BCUT2D eigenvalue weighted by atomic mass is 127. The van der Waals surface area contributed by atoms with Gasteiger partial charge in [0.05, 0.1) is 3.57 Å². The van der Waals surface area contributed by atoms with Crippen LogP contribution in [0.2, 0.25) is 0 Å². The second-order valence-corrected chi connectivity index (χ2v) is 8.48. The largest absolute Gasteiger partial charge is 0.432 e. The molecule has 0 aliphatic heterocycles. The van der Waals surface area contributed by atoms with Crippen LogP contribution in [0.5, 0.6) is 5.75 Å². The fraction of sp³-hybridized carbons (Fsp3) is 0.250. The van der Waals surface area contributed by atoms with E-state index in [1.165, 1.54) is 34.7 Å². The standard InChI is InChI=1S/C24H18F7IO/c1-2-3-4-5-13-6-7-16(17(25)8-13)14-9-18(26)22(19(27)10-14)24(30,31)33-15-11-20(28)23(32)21(29)12-15/h6-12H,2-5H2,1H3. The zero-order valence-electron chi connectivity index (χ0n) is 17.3. The summed E-state index contributed by atoms with van der Waals surface area (Å²) in [5, 5.41) is 0. The van der Waals surface area contributed by atoms with Crippen LogP contribution in [0.4, 0.5) is 30.7 Å². The van der Waals surface area contributed by atoms with Crippen LogP contribution in [-0.4, -0.2) is 0 Å². The van der Waals surface area contributed by atoms with Gasteiger partial charge >= 0.3 is 6.11 Å². The van der Waals surface area contributed by atoms with Crippen molar-refractivity contribution < 1.29 is 35.5 Å². The van der Waals surface area contributed by atoms with Gasteiger partial charge in [-0.25, -0.2) is 22.0 Å². The normalized spacial score (nSPS) is 11.7. The van der Waals surface area contributed by atoms with E-state index >= 15 is 0 Å². The second kappa shape index (κ2) is 10.3. The number of rotatable bonds is 8. The van der Waals surface area contributed by atoms with E-state index in [4.69, 9.17) is 0 Å². The van der Waals surface area contributed by atoms with Gasteiger partial charge in [-0.15, -0.1) is 0 Å². The maximum Gasteiger partial charge on any atom is 0.432 e. The predicted octanol–water partition coefficient (Wildman–Crippen LogP) is 8.51. The molecule has 0 amide bonds. The third-order valence-corrected chi connectivity index (χ3v) is 5.98. The molecule has 1 nitrogen and oxygen atoms in total. The third kappa shape index (κ3) is 5.80. The molecule has 0 fully saturated rings. The van der Waals surface area contributed by atoms with Gasteiger partial charge in [0.1, 0.15) is 40.4 Å². The highest BCUT2D eigenvalue weighted by Gasteiger charge is 2.41. The van der Waals surface area contributed by atoms with E-state index in [-0.39, 0.29) is 11.1 Å². The lowest BCUT2D eigenvalue weighted by Crippen LogP contribution is -2.25. The fourth-order valence-corrected chi connectivity index (χ4v) is 3.64. The van der Waals surface area contributed by atoms with E-state index in [9.17, 15) is 30.7 Å². The molecule has 0 unspecified atom stereocenters. The van der Waals surface area contributed by atoms with Crippen LogP contribution in [0.25, 0.3) is 11.1 Å². The second-order valence-electron chi connectivity index (χ2n) is 7.41. The summed E-state index contributed by atoms with van der Waals surface area (Å²) in [5.41, 5.74) is -1.50. The lowest BCUT2D eigenvalue weighted by molar-refractivity contribution is -0.189. The predicted molar refractivity (Wildman–Crippen MR) is 119 cm³/mol. The molecule has 3 aromatic carbocycles. The molecule has 0 saturated carbocycles. The minimum Gasteiger partial charge on any atom is -0.429 e. The molecule has 0 bridgehead atoms. The molecule has 0 radical (unpaired) electrons. The van der Waals surface area contributed by atoms with E-state index in [2.05, 4.69) is 4.74 Å². The van der Waals surface area contributed by atoms with E-state index in [1.54, 1.807) is 6.07 Å². The first-order valence-electron chi connectivity index (χ1n) is 10.0. The fourth-order valence-electron chi connectivity index (χ4n) is 3.32. The lowest BCUT2D eigenvalue weighted by Gasteiger charge is -2.20. The molecule has 9 heteroatoms. The third-order valence-electron chi connectivity index (χ3n) is 4.95. The van der Waals surface area contributed by atoms with Crippen molar-refractivity contribution in [2.24, 2.45) is 0 Å². The van der Waals surface area contributed by atoms with Crippen LogP contribution in [0.15, 0.2) is 42.5 Å². The molecule has 0 N–H and O–H groups in total. The molecule has 3 aromatic rings. The Morgan fingerprint density at radius 2 is 1.39 bits per heavy atom. The van der Waals surface area contributed by atoms with Gasteiger partial charge in [0, 0.05) is 17.7 Å². The Kier molecular flexibility index (Phi) is 7.92. The summed E-state index contributed by atoms with van der Waals surface area (Å²) in [6.07, 6.45) is -1.14. The first-order chi connectivity index (χ1) is 15.5. The first-order valence-corrected chi connectivity index (χ1v) is 11.1. The van der Waals surface area contributed by atoms with Gasteiger partial charge in [-0.3, -0.25) is 0 Å². The van der Waals surface area contributed by atoms with Gasteiger partial charge < -0.3 is 4.74 Å².